The van der Waals surface area contributed by atoms with Crippen LogP contribution in [0.3, 0.4) is 0 Å². The number of rotatable bonds is 4. The summed E-state index contributed by atoms with van der Waals surface area (Å²) in [5, 5.41) is 6.05. The summed E-state index contributed by atoms with van der Waals surface area (Å²) in [6.07, 6.45) is 0. The first-order valence-corrected chi connectivity index (χ1v) is 8.33. The van der Waals surface area contributed by atoms with E-state index in [9.17, 15) is 0 Å². The highest BCUT2D eigenvalue weighted by Crippen LogP contribution is 2.22. The largest absolute Gasteiger partial charge is 0.338 e. The molecule has 7 heteroatoms. The van der Waals surface area contributed by atoms with E-state index in [1.807, 2.05) is 6.92 Å². The third kappa shape index (κ3) is 3.66. The van der Waals surface area contributed by atoms with Gasteiger partial charge in [-0.15, -0.1) is 11.3 Å². The Labute approximate surface area is 130 Å². The molecule has 0 atom stereocenters. The molecule has 2 aromatic rings. The summed E-state index contributed by atoms with van der Waals surface area (Å²) in [5.41, 5.74) is 1.39. The van der Waals surface area contributed by atoms with Gasteiger partial charge in [-0.25, -0.2) is 0 Å². The van der Waals surface area contributed by atoms with Crippen molar-refractivity contribution < 1.29 is 4.52 Å². The zero-order chi connectivity index (χ0) is 13.9. The van der Waals surface area contributed by atoms with Gasteiger partial charge in [0.15, 0.2) is 5.82 Å². The van der Waals surface area contributed by atoms with Gasteiger partial charge in [-0.2, -0.15) is 4.98 Å². The number of aryl methyl sites for hydroxylation is 1. The maximum atomic E-state index is 5.17. The maximum Gasteiger partial charge on any atom is 0.240 e. The Morgan fingerprint density at radius 2 is 1.95 bits per heavy atom. The number of hydrogen-bond donors (Lipinski definition) is 0. The molecule has 20 heavy (non-hydrogen) atoms. The van der Waals surface area contributed by atoms with Gasteiger partial charge < -0.3 is 4.52 Å². The minimum atomic E-state index is 0.710. The molecule has 108 valence electrons. The smallest absolute Gasteiger partial charge is 0.240 e. The molecular formula is C13H17BrN4OS. The lowest BCUT2D eigenvalue weighted by Crippen LogP contribution is -2.45. The number of halogens is 1. The minimum absolute atomic E-state index is 0.710. The van der Waals surface area contributed by atoms with Crippen LogP contribution in [0.4, 0.5) is 0 Å². The molecular weight excluding hydrogens is 340 g/mol. The molecule has 0 unspecified atom stereocenters. The van der Waals surface area contributed by atoms with Gasteiger partial charge in [0.1, 0.15) is 0 Å². The van der Waals surface area contributed by atoms with E-state index in [-0.39, 0.29) is 0 Å². The second-order valence-corrected chi connectivity index (χ2v) is 7.34. The molecule has 2 aromatic heterocycles. The fourth-order valence-electron chi connectivity index (χ4n) is 2.39. The molecule has 0 saturated carbocycles. The molecule has 1 aliphatic rings. The maximum absolute atomic E-state index is 5.17. The van der Waals surface area contributed by atoms with E-state index in [2.05, 4.69) is 47.3 Å². The van der Waals surface area contributed by atoms with Crippen molar-refractivity contribution in [2.45, 2.75) is 20.0 Å². The normalized spacial score (nSPS) is 17.7. The van der Waals surface area contributed by atoms with Gasteiger partial charge in [0.05, 0.1) is 10.3 Å². The molecule has 0 N–H and O–H groups in total. The van der Waals surface area contributed by atoms with Crippen molar-refractivity contribution in [3.05, 3.63) is 32.5 Å². The first-order valence-electron chi connectivity index (χ1n) is 6.66. The zero-order valence-electron chi connectivity index (χ0n) is 11.4. The van der Waals surface area contributed by atoms with Crippen LogP contribution in [-0.4, -0.2) is 46.1 Å². The summed E-state index contributed by atoms with van der Waals surface area (Å²) < 4.78 is 6.38. The Kier molecular flexibility index (Phi) is 4.50. The van der Waals surface area contributed by atoms with Crippen LogP contribution < -0.4 is 0 Å². The van der Waals surface area contributed by atoms with Gasteiger partial charge in [0.2, 0.25) is 5.89 Å². The lowest BCUT2D eigenvalue weighted by molar-refractivity contribution is 0.112. The van der Waals surface area contributed by atoms with Crippen LogP contribution in [0.25, 0.3) is 0 Å². The molecule has 3 heterocycles. The van der Waals surface area contributed by atoms with E-state index < -0.39 is 0 Å². The molecule has 0 aliphatic carbocycles. The van der Waals surface area contributed by atoms with Gasteiger partial charge in [0.25, 0.3) is 0 Å². The highest BCUT2D eigenvalue weighted by molar-refractivity contribution is 9.11. The molecule has 5 nitrogen and oxygen atoms in total. The average molecular weight is 357 g/mol. The van der Waals surface area contributed by atoms with Crippen molar-refractivity contribution in [2.24, 2.45) is 0 Å². The molecule has 0 spiro atoms. The van der Waals surface area contributed by atoms with E-state index in [4.69, 9.17) is 4.52 Å². The Balaban J connectivity index is 1.47. The number of thiophene rings is 1. The highest BCUT2D eigenvalue weighted by Gasteiger charge is 2.19. The van der Waals surface area contributed by atoms with Gasteiger partial charge in [0, 0.05) is 32.7 Å². The van der Waals surface area contributed by atoms with Crippen molar-refractivity contribution in [1.29, 1.82) is 0 Å². The van der Waals surface area contributed by atoms with Gasteiger partial charge >= 0.3 is 0 Å². The molecule has 0 aromatic carbocycles. The number of hydrogen-bond acceptors (Lipinski definition) is 6. The predicted molar refractivity (Wildman–Crippen MR) is 81.6 cm³/mol. The van der Waals surface area contributed by atoms with E-state index in [0.717, 1.165) is 45.2 Å². The second kappa shape index (κ2) is 6.34. The summed E-state index contributed by atoms with van der Waals surface area (Å²) in [6, 6.07) is 2.21. The average Bonchev–Trinajstić information content (AvgIpc) is 3.01. The van der Waals surface area contributed by atoms with Crippen molar-refractivity contribution >= 4 is 27.3 Å². The molecule has 3 rings (SSSR count). The first kappa shape index (κ1) is 14.2. The highest BCUT2D eigenvalue weighted by atomic mass is 79.9. The van der Waals surface area contributed by atoms with Crippen LogP contribution in [0, 0.1) is 6.92 Å². The third-order valence-electron chi connectivity index (χ3n) is 3.42. The molecule has 0 radical (unpaired) electrons. The first-order chi connectivity index (χ1) is 9.69. The van der Waals surface area contributed by atoms with Crippen LogP contribution in [-0.2, 0) is 13.1 Å². The number of nitrogens with zero attached hydrogens (tertiary/aromatic N) is 4. The summed E-state index contributed by atoms with van der Waals surface area (Å²) in [7, 11) is 0. The van der Waals surface area contributed by atoms with E-state index >= 15 is 0 Å². The Morgan fingerprint density at radius 3 is 2.50 bits per heavy atom. The molecule has 1 saturated heterocycles. The van der Waals surface area contributed by atoms with Crippen LogP contribution >= 0.6 is 27.3 Å². The predicted octanol–water partition coefficient (Wildman–Crippen LogP) is 2.52. The molecule has 1 aliphatic heterocycles. The van der Waals surface area contributed by atoms with E-state index in [1.165, 1.54) is 9.35 Å². The topological polar surface area (TPSA) is 45.4 Å². The van der Waals surface area contributed by atoms with Crippen molar-refractivity contribution in [2.75, 3.05) is 26.2 Å². The SMILES string of the molecule is Cc1noc(CN2CCN(Cc3csc(Br)c3)CC2)n1. The van der Waals surface area contributed by atoms with Crippen molar-refractivity contribution in [1.82, 2.24) is 19.9 Å². The Hall–Kier alpha value is -0.760. The van der Waals surface area contributed by atoms with Crippen LogP contribution in [0.5, 0.6) is 0 Å². The summed E-state index contributed by atoms with van der Waals surface area (Å²) in [6.45, 7) is 7.92. The van der Waals surface area contributed by atoms with Crippen LogP contribution in [0.1, 0.15) is 17.3 Å². The molecule has 1 fully saturated rings. The third-order valence-corrected chi connectivity index (χ3v) is 4.97. The molecule has 0 bridgehead atoms. The quantitative estimate of drug-likeness (QED) is 0.842. The van der Waals surface area contributed by atoms with Crippen molar-refractivity contribution in [3.8, 4) is 0 Å². The fourth-order valence-corrected chi connectivity index (χ4v) is 3.59. The Morgan fingerprint density at radius 1 is 1.25 bits per heavy atom. The lowest BCUT2D eigenvalue weighted by Gasteiger charge is -2.33. The zero-order valence-corrected chi connectivity index (χ0v) is 13.8. The monoisotopic (exact) mass is 356 g/mol. The summed E-state index contributed by atoms with van der Waals surface area (Å²) in [5.74, 6) is 1.43. The summed E-state index contributed by atoms with van der Waals surface area (Å²) >= 11 is 5.26. The number of aromatic nitrogens is 2. The number of piperazine rings is 1. The van der Waals surface area contributed by atoms with Crippen LogP contribution in [0.15, 0.2) is 19.8 Å². The minimum Gasteiger partial charge on any atom is -0.338 e. The van der Waals surface area contributed by atoms with Crippen molar-refractivity contribution in [3.63, 3.8) is 0 Å². The second-order valence-electron chi connectivity index (χ2n) is 5.05. The van der Waals surface area contributed by atoms with Gasteiger partial charge in [-0.3, -0.25) is 9.80 Å². The standard InChI is InChI=1S/C13H17BrN4OS/c1-10-15-13(19-16-10)8-18-4-2-17(3-5-18)7-11-6-12(14)20-9-11/h6,9H,2-5,7-8H2,1H3. The van der Waals surface area contributed by atoms with Gasteiger partial charge in [-0.1, -0.05) is 5.16 Å². The van der Waals surface area contributed by atoms with E-state index in [1.54, 1.807) is 11.3 Å². The lowest BCUT2D eigenvalue weighted by atomic mass is 10.2. The molecule has 0 amide bonds. The fraction of sp³-hybridized carbons (Fsp3) is 0.538. The Bertz CT molecular complexity index is 512. The van der Waals surface area contributed by atoms with Gasteiger partial charge in [-0.05, 0) is 39.9 Å². The van der Waals surface area contributed by atoms with Crippen LogP contribution in [0.2, 0.25) is 0 Å². The summed E-state index contributed by atoms with van der Waals surface area (Å²) in [4.78, 5) is 9.12. The van der Waals surface area contributed by atoms with E-state index in [0.29, 0.717) is 5.82 Å².